The topological polar surface area (TPSA) is 73.3 Å². The van der Waals surface area contributed by atoms with Gasteiger partial charge >= 0.3 is 10.1 Å². The highest BCUT2D eigenvalue weighted by molar-refractivity contribution is 7.87. The van der Waals surface area contributed by atoms with Crippen molar-refractivity contribution >= 4 is 15.9 Å². The molecule has 6 heteroatoms. The third-order valence-electron chi connectivity index (χ3n) is 3.78. The minimum atomic E-state index is -4.10. The molecule has 26 heavy (non-hydrogen) atoms. The Morgan fingerprint density at radius 1 is 0.885 bits per heavy atom. The van der Waals surface area contributed by atoms with E-state index in [1.54, 1.807) is 55.5 Å². The number of carbonyl (C=O) groups excluding carboxylic acids is 1. The van der Waals surface area contributed by atoms with Crippen molar-refractivity contribution in [3.63, 3.8) is 0 Å². The van der Waals surface area contributed by atoms with Crippen LogP contribution in [0.25, 0.3) is 0 Å². The fourth-order valence-electron chi connectivity index (χ4n) is 2.37. The highest BCUT2D eigenvalue weighted by Gasteiger charge is 2.23. The molecule has 132 valence electrons. The van der Waals surface area contributed by atoms with Crippen molar-refractivity contribution in [3.8, 4) is 5.88 Å². The maximum atomic E-state index is 12.7. The average molecular weight is 367 g/mol. The van der Waals surface area contributed by atoms with Crippen molar-refractivity contribution in [1.82, 2.24) is 4.98 Å². The van der Waals surface area contributed by atoms with Crippen LogP contribution in [-0.2, 0) is 10.1 Å². The fourth-order valence-corrected chi connectivity index (χ4v) is 3.27. The van der Waals surface area contributed by atoms with Crippen LogP contribution in [0.3, 0.4) is 0 Å². The van der Waals surface area contributed by atoms with Gasteiger partial charge in [-0.1, -0.05) is 48.0 Å². The van der Waals surface area contributed by atoms with Gasteiger partial charge in [0.05, 0.1) is 5.56 Å². The minimum absolute atomic E-state index is 0.00418. The number of aromatic nitrogens is 1. The molecular formula is C20H17NO4S. The van der Waals surface area contributed by atoms with Crippen molar-refractivity contribution in [2.24, 2.45) is 0 Å². The summed E-state index contributed by atoms with van der Waals surface area (Å²) in [6, 6.07) is 18.0. The lowest BCUT2D eigenvalue weighted by atomic mass is 10.0. The summed E-state index contributed by atoms with van der Waals surface area (Å²) in [7, 11) is -4.10. The van der Waals surface area contributed by atoms with E-state index in [0.29, 0.717) is 11.3 Å². The van der Waals surface area contributed by atoms with Gasteiger partial charge in [-0.15, -0.1) is 0 Å². The molecule has 1 aromatic heterocycles. The molecule has 0 aliphatic rings. The molecule has 0 aliphatic carbocycles. The second kappa shape index (κ2) is 7.09. The molecular weight excluding hydrogens is 350 g/mol. The number of pyridine rings is 1. The standard InChI is InChI=1S/C20H17NO4S/c1-14-8-11-17(12-9-14)26(23,24)25-20-18(13-10-15(2)21-20)19(22)16-6-4-3-5-7-16/h3-13H,1-2H3. The van der Waals surface area contributed by atoms with Gasteiger partial charge in [-0.05, 0) is 38.1 Å². The highest BCUT2D eigenvalue weighted by Crippen LogP contribution is 2.24. The first-order valence-corrected chi connectivity index (χ1v) is 9.36. The third-order valence-corrected chi connectivity index (χ3v) is 5.01. The van der Waals surface area contributed by atoms with E-state index in [-0.39, 0.29) is 22.1 Å². The smallest absolute Gasteiger partial charge is 0.340 e. The summed E-state index contributed by atoms with van der Waals surface area (Å²) in [5.74, 6) is -0.577. The van der Waals surface area contributed by atoms with E-state index in [1.807, 2.05) is 6.92 Å². The van der Waals surface area contributed by atoms with Crippen LogP contribution in [-0.4, -0.2) is 19.2 Å². The first-order valence-electron chi connectivity index (χ1n) is 7.95. The molecule has 0 saturated heterocycles. The molecule has 2 aromatic carbocycles. The molecule has 0 radical (unpaired) electrons. The summed E-state index contributed by atoms with van der Waals surface area (Å²) in [5, 5.41) is 0. The Hall–Kier alpha value is -2.99. The van der Waals surface area contributed by atoms with Crippen molar-refractivity contribution in [3.05, 3.63) is 89.1 Å². The number of nitrogens with zero attached hydrogens (tertiary/aromatic N) is 1. The van der Waals surface area contributed by atoms with Crippen molar-refractivity contribution in [2.75, 3.05) is 0 Å². The highest BCUT2D eigenvalue weighted by atomic mass is 32.2. The van der Waals surface area contributed by atoms with E-state index in [4.69, 9.17) is 4.18 Å². The van der Waals surface area contributed by atoms with Crippen LogP contribution in [0.15, 0.2) is 71.6 Å². The number of hydrogen-bond acceptors (Lipinski definition) is 5. The van der Waals surface area contributed by atoms with Gasteiger partial charge in [-0.3, -0.25) is 4.79 Å². The van der Waals surface area contributed by atoms with Gasteiger partial charge in [0.2, 0.25) is 5.88 Å². The Bertz CT molecular complexity index is 1040. The zero-order chi connectivity index (χ0) is 18.7. The predicted molar refractivity (Wildman–Crippen MR) is 97.8 cm³/mol. The second-order valence-electron chi connectivity index (χ2n) is 5.85. The molecule has 0 saturated carbocycles. The van der Waals surface area contributed by atoms with Crippen LogP contribution in [0.2, 0.25) is 0 Å². The zero-order valence-corrected chi connectivity index (χ0v) is 15.2. The molecule has 0 spiro atoms. The lowest BCUT2D eigenvalue weighted by Crippen LogP contribution is -2.14. The first-order chi connectivity index (χ1) is 12.4. The summed E-state index contributed by atoms with van der Waals surface area (Å²) >= 11 is 0. The van der Waals surface area contributed by atoms with Gasteiger partial charge in [-0.2, -0.15) is 8.42 Å². The Balaban J connectivity index is 2.01. The lowest BCUT2D eigenvalue weighted by molar-refractivity contribution is 0.103. The van der Waals surface area contributed by atoms with Crippen LogP contribution in [0.1, 0.15) is 27.2 Å². The van der Waals surface area contributed by atoms with E-state index in [9.17, 15) is 13.2 Å². The molecule has 0 fully saturated rings. The fraction of sp³-hybridized carbons (Fsp3) is 0.100. The monoisotopic (exact) mass is 367 g/mol. The molecule has 0 atom stereocenters. The molecule has 3 rings (SSSR count). The number of rotatable bonds is 5. The van der Waals surface area contributed by atoms with Gasteiger partial charge in [-0.25, -0.2) is 4.98 Å². The van der Waals surface area contributed by atoms with Gasteiger partial charge in [0.15, 0.2) is 5.78 Å². The molecule has 0 aliphatic heterocycles. The Kier molecular flexibility index (Phi) is 4.86. The molecule has 5 nitrogen and oxygen atoms in total. The maximum absolute atomic E-state index is 12.7. The van der Waals surface area contributed by atoms with Crippen LogP contribution in [0, 0.1) is 13.8 Å². The molecule has 0 amide bonds. The quantitative estimate of drug-likeness (QED) is 0.508. The number of aryl methyl sites for hydroxylation is 2. The Morgan fingerprint density at radius 2 is 1.54 bits per heavy atom. The van der Waals surface area contributed by atoms with Crippen LogP contribution >= 0.6 is 0 Å². The lowest BCUT2D eigenvalue weighted by Gasteiger charge is -2.11. The van der Waals surface area contributed by atoms with Crippen LogP contribution in [0.5, 0.6) is 5.88 Å². The molecule has 0 unspecified atom stereocenters. The van der Waals surface area contributed by atoms with Crippen LogP contribution < -0.4 is 4.18 Å². The summed E-state index contributed by atoms with van der Waals surface area (Å²) in [6.07, 6.45) is 0. The summed E-state index contributed by atoms with van der Waals surface area (Å²) < 4.78 is 30.3. The molecule has 1 heterocycles. The van der Waals surface area contributed by atoms with E-state index < -0.39 is 10.1 Å². The number of benzene rings is 2. The van der Waals surface area contributed by atoms with E-state index in [0.717, 1.165) is 5.56 Å². The van der Waals surface area contributed by atoms with E-state index in [1.165, 1.54) is 18.2 Å². The average Bonchev–Trinajstić information content (AvgIpc) is 2.62. The van der Waals surface area contributed by atoms with Gasteiger partial charge in [0, 0.05) is 11.3 Å². The Morgan fingerprint density at radius 3 is 2.19 bits per heavy atom. The molecule has 0 bridgehead atoms. The summed E-state index contributed by atoms with van der Waals surface area (Å²) in [4.78, 5) is 16.9. The van der Waals surface area contributed by atoms with Gasteiger partial charge in [0.25, 0.3) is 0 Å². The number of carbonyl (C=O) groups is 1. The molecule has 3 aromatic rings. The summed E-state index contributed by atoms with van der Waals surface area (Å²) in [6.45, 7) is 3.55. The number of hydrogen-bond donors (Lipinski definition) is 0. The predicted octanol–water partition coefficient (Wildman–Crippen LogP) is 3.70. The largest absolute Gasteiger partial charge is 0.357 e. The minimum Gasteiger partial charge on any atom is -0.357 e. The molecule has 0 N–H and O–H groups in total. The normalized spacial score (nSPS) is 11.2. The van der Waals surface area contributed by atoms with E-state index in [2.05, 4.69) is 4.98 Å². The zero-order valence-electron chi connectivity index (χ0n) is 14.3. The van der Waals surface area contributed by atoms with Crippen molar-refractivity contribution < 1.29 is 17.4 Å². The van der Waals surface area contributed by atoms with Crippen molar-refractivity contribution in [2.45, 2.75) is 18.7 Å². The van der Waals surface area contributed by atoms with Crippen molar-refractivity contribution in [1.29, 1.82) is 0 Å². The van der Waals surface area contributed by atoms with Gasteiger partial charge in [0.1, 0.15) is 4.90 Å². The van der Waals surface area contributed by atoms with Gasteiger partial charge < -0.3 is 4.18 Å². The second-order valence-corrected chi connectivity index (χ2v) is 7.40. The third kappa shape index (κ3) is 3.81. The van der Waals surface area contributed by atoms with E-state index >= 15 is 0 Å². The first kappa shape index (κ1) is 17.8. The number of ketones is 1. The van der Waals surface area contributed by atoms with Crippen LogP contribution in [0.4, 0.5) is 0 Å². The summed E-state index contributed by atoms with van der Waals surface area (Å²) in [5.41, 5.74) is 1.99. The SMILES string of the molecule is Cc1ccc(S(=O)(=O)Oc2nc(C)ccc2C(=O)c2ccccc2)cc1. The Labute approximate surface area is 152 Å². The maximum Gasteiger partial charge on any atom is 0.340 e.